The summed E-state index contributed by atoms with van der Waals surface area (Å²) >= 11 is 6.25. The monoisotopic (exact) mass is 308 g/mol. The van der Waals surface area contributed by atoms with Crippen LogP contribution < -0.4 is 4.74 Å². The van der Waals surface area contributed by atoms with Crippen molar-refractivity contribution in [1.82, 2.24) is 0 Å². The molecule has 0 saturated heterocycles. The number of carboxylic acid groups (broad SMARTS) is 1. The van der Waals surface area contributed by atoms with Gasteiger partial charge in [0.15, 0.2) is 0 Å². The highest BCUT2D eigenvalue weighted by atomic mass is 35.5. The molecule has 4 heteroatoms. The molecule has 1 aliphatic carbocycles. The van der Waals surface area contributed by atoms with Gasteiger partial charge in [-0.2, -0.15) is 0 Å². The molecule has 1 aromatic rings. The summed E-state index contributed by atoms with van der Waals surface area (Å²) in [5.41, 5.74) is 0.890. The van der Waals surface area contributed by atoms with Gasteiger partial charge in [-0.25, -0.2) is 0 Å². The van der Waals surface area contributed by atoms with Gasteiger partial charge in [-0.15, -0.1) is 0 Å². The molecule has 21 heavy (non-hydrogen) atoms. The van der Waals surface area contributed by atoms with E-state index in [2.05, 4.69) is 6.58 Å². The van der Waals surface area contributed by atoms with Gasteiger partial charge >= 0.3 is 5.97 Å². The highest BCUT2D eigenvalue weighted by molar-refractivity contribution is 6.32. The highest BCUT2D eigenvalue weighted by Gasteiger charge is 2.41. The van der Waals surface area contributed by atoms with E-state index in [4.69, 9.17) is 16.3 Å². The summed E-state index contributed by atoms with van der Waals surface area (Å²) in [5.74, 6) is -0.186. The van der Waals surface area contributed by atoms with Gasteiger partial charge in [0.1, 0.15) is 12.4 Å². The molecular formula is C17H21ClO3. The van der Waals surface area contributed by atoms with Crippen molar-refractivity contribution in [1.29, 1.82) is 0 Å². The lowest BCUT2D eigenvalue weighted by molar-refractivity contribution is -0.145. The SMILES string of the molecule is C=C(C)COc1ccc(C2(C(=O)O)CCCCC2)cc1Cl. The molecule has 1 fully saturated rings. The Kier molecular flexibility index (Phi) is 4.94. The van der Waals surface area contributed by atoms with E-state index < -0.39 is 11.4 Å². The van der Waals surface area contributed by atoms with Crippen molar-refractivity contribution in [2.24, 2.45) is 0 Å². The van der Waals surface area contributed by atoms with Gasteiger partial charge in [-0.3, -0.25) is 4.79 Å². The minimum Gasteiger partial charge on any atom is -0.488 e. The number of carbonyl (C=O) groups is 1. The molecule has 1 N–H and O–H groups in total. The Bertz CT molecular complexity index is 545. The number of hydrogen-bond donors (Lipinski definition) is 1. The zero-order chi connectivity index (χ0) is 15.5. The molecule has 0 radical (unpaired) electrons. The van der Waals surface area contributed by atoms with Gasteiger partial charge in [0, 0.05) is 0 Å². The first-order valence-corrected chi connectivity index (χ1v) is 7.64. The molecule has 114 valence electrons. The second kappa shape index (κ2) is 6.52. The number of benzene rings is 1. The molecule has 0 atom stereocenters. The smallest absolute Gasteiger partial charge is 0.314 e. The third-order valence-electron chi connectivity index (χ3n) is 4.08. The molecule has 0 amide bonds. The fourth-order valence-corrected chi connectivity index (χ4v) is 3.13. The van der Waals surface area contributed by atoms with Crippen LogP contribution in [0.3, 0.4) is 0 Å². The van der Waals surface area contributed by atoms with Crippen molar-refractivity contribution >= 4 is 17.6 Å². The topological polar surface area (TPSA) is 46.5 Å². The second-order valence-corrected chi connectivity index (χ2v) is 6.25. The molecule has 2 rings (SSSR count). The normalized spacial score (nSPS) is 17.2. The van der Waals surface area contributed by atoms with E-state index in [9.17, 15) is 9.90 Å². The van der Waals surface area contributed by atoms with Crippen molar-refractivity contribution in [3.8, 4) is 5.75 Å². The fourth-order valence-electron chi connectivity index (χ4n) is 2.90. The summed E-state index contributed by atoms with van der Waals surface area (Å²) in [4.78, 5) is 11.8. The van der Waals surface area contributed by atoms with Crippen molar-refractivity contribution in [3.63, 3.8) is 0 Å². The van der Waals surface area contributed by atoms with E-state index in [-0.39, 0.29) is 0 Å². The number of rotatable bonds is 5. The Balaban J connectivity index is 2.28. The van der Waals surface area contributed by atoms with Crippen molar-refractivity contribution < 1.29 is 14.6 Å². The van der Waals surface area contributed by atoms with Gasteiger partial charge in [0.05, 0.1) is 10.4 Å². The number of carboxylic acids is 1. The van der Waals surface area contributed by atoms with E-state index >= 15 is 0 Å². The van der Waals surface area contributed by atoms with Gasteiger partial charge in [-0.1, -0.05) is 43.5 Å². The zero-order valence-electron chi connectivity index (χ0n) is 12.3. The van der Waals surface area contributed by atoms with Crippen LogP contribution in [-0.4, -0.2) is 17.7 Å². The van der Waals surface area contributed by atoms with Crippen LogP contribution in [0.5, 0.6) is 5.75 Å². The molecule has 1 aliphatic rings. The number of ether oxygens (including phenoxy) is 1. The minimum absolute atomic E-state index is 0.406. The van der Waals surface area contributed by atoms with Crippen LogP contribution in [0.1, 0.15) is 44.6 Å². The molecule has 0 aromatic heterocycles. The standard InChI is InChI=1S/C17H21ClO3/c1-12(2)11-21-15-7-6-13(10-14(15)18)17(16(19)20)8-4-3-5-9-17/h6-7,10H,1,3-5,8-9,11H2,2H3,(H,19,20). The zero-order valence-corrected chi connectivity index (χ0v) is 13.1. The molecule has 0 unspecified atom stereocenters. The van der Waals surface area contributed by atoms with E-state index in [1.807, 2.05) is 13.0 Å². The predicted molar refractivity (Wildman–Crippen MR) is 84.2 cm³/mol. The van der Waals surface area contributed by atoms with Crippen LogP contribution in [0.15, 0.2) is 30.4 Å². The molecule has 1 aromatic carbocycles. The van der Waals surface area contributed by atoms with Gasteiger partial charge in [-0.05, 0) is 43.0 Å². The fraction of sp³-hybridized carbons (Fsp3) is 0.471. The quantitative estimate of drug-likeness (QED) is 0.810. The second-order valence-electron chi connectivity index (χ2n) is 5.84. The summed E-state index contributed by atoms with van der Waals surface area (Å²) in [7, 11) is 0. The first-order chi connectivity index (χ1) is 9.95. The Morgan fingerprint density at radius 1 is 1.38 bits per heavy atom. The maximum Gasteiger partial charge on any atom is 0.314 e. The van der Waals surface area contributed by atoms with Crippen LogP contribution in [0.4, 0.5) is 0 Å². The average Bonchev–Trinajstić information content (AvgIpc) is 2.46. The first-order valence-electron chi connectivity index (χ1n) is 7.26. The maximum absolute atomic E-state index is 11.8. The Morgan fingerprint density at radius 3 is 2.57 bits per heavy atom. The summed E-state index contributed by atoms with van der Waals surface area (Å²) in [6, 6.07) is 5.34. The van der Waals surface area contributed by atoms with Gasteiger partial charge < -0.3 is 9.84 Å². The predicted octanol–water partition coefficient (Wildman–Crippen LogP) is 4.58. The lowest BCUT2D eigenvalue weighted by Gasteiger charge is -2.33. The van der Waals surface area contributed by atoms with Crippen LogP contribution in [0.2, 0.25) is 5.02 Å². The van der Waals surface area contributed by atoms with E-state index in [1.54, 1.807) is 12.1 Å². The van der Waals surface area contributed by atoms with Crippen LogP contribution in [0, 0.1) is 0 Å². The minimum atomic E-state index is -0.797. The molecule has 0 aliphatic heterocycles. The van der Waals surface area contributed by atoms with Crippen molar-refractivity contribution in [2.45, 2.75) is 44.4 Å². The summed E-state index contributed by atoms with van der Waals surface area (Å²) in [5, 5.41) is 10.2. The third-order valence-corrected chi connectivity index (χ3v) is 4.37. The third kappa shape index (κ3) is 3.41. The van der Waals surface area contributed by atoms with Gasteiger partial charge in [0.25, 0.3) is 0 Å². The molecule has 0 heterocycles. The first kappa shape index (κ1) is 15.9. The van der Waals surface area contributed by atoms with Crippen LogP contribution in [-0.2, 0) is 10.2 Å². The largest absolute Gasteiger partial charge is 0.488 e. The van der Waals surface area contributed by atoms with E-state index in [0.717, 1.165) is 30.4 Å². The van der Waals surface area contributed by atoms with Crippen molar-refractivity contribution in [3.05, 3.63) is 40.9 Å². The molecule has 3 nitrogen and oxygen atoms in total. The van der Waals surface area contributed by atoms with E-state index in [1.165, 1.54) is 0 Å². The number of aliphatic carboxylic acids is 1. The summed E-state index contributed by atoms with van der Waals surface area (Å²) < 4.78 is 5.56. The molecule has 1 saturated carbocycles. The summed E-state index contributed by atoms with van der Waals surface area (Å²) in [6.45, 7) is 6.06. The lowest BCUT2D eigenvalue weighted by atomic mass is 9.69. The molecule has 0 spiro atoms. The lowest BCUT2D eigenvalue weighted by Crippen LogP contribution is -2.37. The summed E-state index contributed by atoms with van der Waals surface area (Å²) in [6.07, 6.45) is 4.33. The Hall–Kier alpha value is -1.48. The average molecular weight is 309 g/mol. The number of halogens is 1. The molecular weight excluding hydrogens is 288 g/mol. The Morgan fingerprint density at radius 2 is 2.05 bits per heavy atom. The Labute approximate surface area is 130 Å². The molecule has 0 bridgehead atoms. The van der Waals surface area contributed by atoms with E-state index in [0.29, 0.717) is 30.2 Å². The van der Waals surface area contributed by atoms with Gasteiger partial charge in [0.2, 0.25) is 0 Å². The van der Waals surface area contributed by atoms with Crippen molar-refractivity contribution in [2.75, 3.05) is 6.61 Å². The number of hydrogen-bond acceptors (Lipinski definition) is 2. The van der Waals surface area contributed by atoms with Crippen LogP contribution >= 0.6 is 11.6 Å². The van der Waals surface area contributed by atoms with Crippen LogP contribution in [0.25, 0.3) is 0 Å². The maximum atomic E-state index is 11.8. The highest BCUT2D eigenvalue weighted by Crippen LogP contribution is 2.41.